The van der Waals surface area contributed by atoms with Gasteiger partial charge in [0.2, 0.25) is 5.91 Å². The summed E-state index contributed by atoms with van der Waals surface area (Å²) in [6.45, 7) is 3.88. The largest absolute Gasteiger partial charge is 0.480 e. The predicted octanol–water partition coefficient (Wildman–Crippen LogP) is 0.204. The van der Waals surface area contributed by atoms with Crippen molar-refractivity contribution in [1.82, 2.24) is 4.90 Å². The van der Waals surface area contributed by atoms with Crippen molar-refractivity contribution >= 4 is 11.9 Å². The molecular weight excluding hydrogens is 236 g/mol. The van der Waals surface area contributed by atoms with Gasteiger partial charge < -0.3 is 20.5 Å². The number of hydrogen-bond donors (Lipinski definition) is 2. The van der Waals surface area contributed by atoms with Crippen LogP contribution >= 0.6 is 0 Å². The van der Waals surface area contributed by atoms with Gasteiger partial charge >= 0.3 is 5.97 Å². The highest BCUT2D eigenvalue weighted by molar-refractivity contribution is 5.90. The Labute approximate surface area is 107 Å². The molecule has 3 N–H and O–H groups in total. The van der Waals surface area contributed by atoms with Crippen LogP contribution in [0.1, 0.15) is 33.1 Å². The van der Waals surface area contributed by atoms with Crippen LogP contribution in [0.2, 0.25) is 0 Å². The first-order valence-electron chi connectivity index (χ1n) is 6.19. The van der Waals surface area contributed by atoms with Gasteiger partial charge in [0.25, 0.3) is 0 Å². The average molecular weight is 258 g/mol. The Morgan fingerprint density at radius 2 is 2.17 bits per heavy atom. The molecule has 1 heterocycles. The van der Waals surface area contributed by atoms with Crippen LogP contribution in [0, 0.1) is 0 Å². The molecule has 1 saturated heterocycles. The molecule has 1 aliphatic heterocycles. The van der Waals surface area contributed by atoms with E-state index in [1.165, 1.54) is 12.0 Å². The highest BCUT2D eigenvalue weighted by Crippen LogP contribution is 2.24. The fourth-order valence-electron chi connectivity index (χ4n) is 2.38. The highest BCUT2D eigenvalue weighted by Gasteiger charge is 2.44. The molecule has 6 nitrogen and oxygen atoms in total. The van der Waals surface area contributed by atoms with Crippen LogP contribution in [0.4, 0.5) is 0 Å². The number of amides is 1. The predicted molar refractivity (Wildman–Crippen MR) is 66.1 cm³/mol. The molecule has 0 aromatic carbocycles. The number of aliphatic carboxylic acids is 1. The van der Waals surface area contributed by atoms with E-state index in [0.29, 0.717) is 19.4 Å². The van der Waals surface area contributed by atoms with Crippen molar-refractivity contribution in [2.75, 3.05) is 13.7 Å². The lowest BCUT2D eigenvalue weighted by atomic mass is 9.95. The van der Waals surface area contributed by atoms with Crippen LogP contribution in [0.3, 0.4) is 0 Å². The lowest BCUT2D eigenvalue weighted by Crippen LogP contribution is -2.55. The normalized spacial score (nSPS) is 27.0. The standard InChI is InChI=1S/C12H22N2O4/c1-4-5-12(2,13)11(17)14-7-8(18-3)6-9(14)10(15)16/h8-9H,4-7,13H2,1-3H3,(H,15,16). The second-order valence-electron chi connectivity index (χ2n) is 5.07. The van der Waals surface area contributed by atoms with Crippen molar-refractivity contribution in [3.05, 3.63) is 0 Å². The smallest absolute Gasteiger partial charge is 0.326 e. The first kappa shape index (κ1) is 14.9. The maximum Gasteiger partial charge on any atom is 0.326 e. The van der Waals surface area contributed by atoms with Gasteiger partial charge in [0.15, 0.2) is 0 Å². The average Bonchev–Trinajstić information content (AvgIpc) is 2.71. The van der Waals surface area contributed by atoms with Gasteiger partial charge in [-0.25, -0.2) is 4.79 Å². The first-order valence-corrected chi connectivity index (χ1v) is 6.19. The van der Waals surface area contributed by atoms with Gasteiger partial charge in [-0.05, 0) is 13.3 Å². The molecule has 0 spiro atoms. The van der Waals surface area contributed by atoms with E-state index in [2.05, 4.69) is 0 Å². The zero-order valence-electron chi connectivity index (χ0n) is 11.2. The first-order chi connectivity index (χ1) is 8.33. The number of carbonyl (C=O) groups excluding carboxylic acids is 1. The van der Waals surface area contributed by atoms with E-state index in [0.717, 1.165) is 6.42 Å². The van der Waals surface area contributed by atoms with Crippen LogP contribution in [-0.2, 0) is 14.3 Å². The number of nitrogens with zero attached hydrogens (tertiary/aromatic N) is 1. The van der Waals surface area contributed by atoms with E-state index < -0.39 is 17.6 Å². The van der Waals surface area contributed by atoms with Gasteiger partial charge in [0.05, 0.1) is 11.6 Å². The Morgan fingerprint density at radius 1 is 1.56 bits per heavy atom. The second-order valence-corrected chi connectivity index (χ2v) is 5.07. The van der Waals surface area contributed by atoms with E-state index >= 15 is 0 Å². The summed E-state index contributed by atoms with van der Waals surface area (Å²) in [6.07, 6.45) is 1.40. The zero-order valence-corrected chi connectivity index (χ0v) is 11.2. The Morgan fingerprint density at radius 3 is 2.61 bits per heavy atom. The van der Waals surface area contributed by atoms with Crippen molar-refractivity contribution in [1.29, 1.82) is 0 Å². The van der Waals surface area contributed by atoms with Gasteiger partial charge in [-0.1, -0.05) is 13.3 Å². The maximum absolute atomic E-state index is 12.3. The van der Waals surface area contributed by atoms with Gasteiger partial charge in [-0.3, -0.25) is 4.79 Å². The van der Waals surface area contributed by atoms with Crippen molar-refractivity contribution in [3.8, 4) is 0 Å². The Hall–Kier alpha value is -1.14. The molecule has 1 fully saturated rings. The lowest BCUT2D eigenvalue weighted by molar-refractivity contribution is -0.150. The maximum atomic E-state index is 12.3. The molecule has 3 atom stereocenters. The molecule has 0 aromatic heterocycles. The monoisotopic (exact) mass is 258 g/mol. The summed E-state index contributed by atoms with van der Waals surface area (Å²) >= 11 is 0. The lowest BCUT2D eigenvalue weighted by Gasteiger charge is -2.31. The minimum atomic E-state index is -1.01. The third kappa shape index (κ3) is 3.00. The molecule has 0 radical (unpaired) electrons. The number of likely N-dealkylation sites (tertiary alicyclic amines) is 1. The molecule has 0 aromatic rings. The third-order valence-corrected chi connectivity index (χ3v) is 3.40. The van der Waals surface area contributed by atoms with Crippen LogP contribution in [0.25, 0.3) is 0 Å². The Kier molecular flexibility index (Phi) is 4.70. The summed E-state index contributed by atoms with van der Waals surface area (Å²) < 4.78 is 5.15. The SMILES string of the molecule is CCCC(C)(N)C(=O)N1CC(OC)CC1C(=O)O. The van der Waals surface area contributed by atoms with Gasteiger partial charge in [0.1, 0.15) is 6.04 Å². The van der Waals surface area contributed by atoms with Gasteiger partial charge in [-0.2, -0.15) is 0 Å². The van der Waals surface area contributed by atoms with Crippen molar-refractivity contribution in [2.24, 2.45) is 5.73 Å². The van der Waals surface area contributed by atoms with Crippen LogP contribution in [-0.4, -0.2) is 53.2 Å². The number of carboxylic acids is 1. The summed E-state index contributed by atoms with van der Waals surface area (Å²) in [5.74, 6) is -1.31. The molecule has 1 rings (SSSR count). The molecule has 1 aliphatic rings. The molecule has 0 saturated carbocycles. The quantitative estimate of drug-likeness (QED) is 0.735. The number of rotatable bonds is 5. The van der Waals surface area contributed by atoms with E-state index in [4.69, 9.17) is 15.6 Å². The molecule has 104 valence electrons. The van der Waals surface area contributed by atoms with E-state index in [9.17, 15) is 9.59 Å². The summed E-state index contributed by atoms with van der Waals surface area (Å²) in [6, 6.07) is -0.831. The fraction of sp³-hybridized carbons (Fsp3) is 0.833. The van der Waals surface area contributed by atoms with Crippen molar-refractivity contribution < 1.29 is 19.4 Å². The number of carboxylic acid groups (broad SMARTS) is 1. The second kappa shape index (κ2) is 5.67. The molecule has 6 heteroatoms. The van der Waals surface area contributed by atoms with Crippen LogP contribution in [0.15, 0.2) is 0 Å². The van der Waals surface area contributed by atoms with Crippen molar-refractivity contribution in [2.45, 2.75) is 50.8 Å². The Balaban J connectivity index is 2.85. The number of hydrogen-bond acceptors (Lipinski definition) is 4. The van der Waals surface area contributed by atoms with Gasteiger partial charge in [0, 0.05) is 20.1 Å². The zero-order chi connectivity index (χ0) is 13.9. The highest BCUT2D eigenvalue weighted by atomic mass is 16.5. The number of ether oxygens (including phenoxy) is 1. The summed E-state index contributed by atoms with van der Waals surface area (Å²) in [4.78, 5) is 24.8. The van der Waals surface area contributed by atoms with E-state index in [1.54, 1.807) is 6.92 Å². The molecule has 3 unspecified atom stereocenters. The molecular formula is C12H22N2O4. The summed E-state index contributed by atoms with van der Waals surface area (Å²) in [7, 11) is 1.52. The van der Waals surface area contributed by atoms with Crippen LogP contribution < -0.4 is 5.73 Å². The molecule has 1 amide bonds. The molecule has 18 heavy (non-hydrogen) atoms. The number of methoxy groups -OCH3 is 1. The topological polar surface area (TPSA) is 92.9 Å². The Bertz CT molecular complexity index is 330. The number of nitrogens with two attached hydrogens (primary N) is 1. The number of carbonyl (C=O) groups is 2. The van der Waals surface area contributed by atoms with Crippen LogP contribution in [0.5, 0.6) is 0 Å². The van der Waals surface area contributed by atoms with Gasteiger partial charge in [-0.15, -0.1) is 0 Å². The molecule has 0 aliphatic carbocycles. The van der Waals surface area contributed by atoms with E-state index in [1.807, 2.05) is 6.92 Å². The third-order valence-electron chi connectivity index (χ3n) is 3.40. The van der Waals surface area contributed by atoms with E-state index in [-0.39, 0.29) is 12.0 Å². The fourth-order valence-corrected chi connectivity index (χ4v) is 2.38. The summed E-state index contributed by atoms with van der Waals surface area (Å²) in [5.41, 5.74) is 4.97. The minimum Gasteiger partial charge on any atom is -0.480 e. The van der Waals surface area contributed by atoms with Crippen molar-refractivity contribution in [3.63, 3.8) is 0 Å². The minimum absolute atomic E-state index is 0.229. The molecule has 0 bridgehead atoms. The summed E-state index contributed by atoms with van der Waals surface area (Å²) in [5, 5.41) is 9.15.